The smallest absolute Gasteiger partial charge is 0.305 e. The zero-order chi connectivity index (χ0) is 10.8. The molecule has 82 valence electrons. The summed E-state index contributed by atoms with van der Waals surface area (Å²) in [7, 11) is 0. The van der Waals surface area contributed by atoms with Crippen molar-refractivity contribution in [3.63, 3.8) is 0 Å². The molecular weight excluding hydrogens is 212 g/mol. The Bertz CT molecular complexity index is 364. The second-order valence-corrected chi connectivity index (χ2v) is 4.70. The molecule has 2 heterocycles. The predicted octanol–water partition coefficient (Wildman–Crippen LogP) is 1.90. The van der Waals surface area contributed by atoms with Crippen LogP contribution in [0.4, 0.5) is 5.13 Å². The van der Waals surface area contributed by atoms with E-state index < -0.39 is 5.97 Å². The van der Waals surface area contributed by atoms with Crippen molar-refractivity contribution in [1.29, 1.82) is 0 Å². The summed E-state index contributed by atoms with van der Waals surface area (Å²) in [5.74, 6) is -0.722. The van der Waals surface area contributed by atoms with Gasteiger partial charge in [-0.25, -0.2) is 4.98 Å². The van der Waals surface area contributed by atoms with Gasteiger partial charge in [0.2, 0.25) is 0 Å². The number of hydrogen-bond acceptors (Lipinski definition) is 4. The zero-order valence-corrected chi connectivity index (χ0v) is 9.46. The van der Waals surface area contributed by atoms with E-state index in [1.54, 1.807) is 11.3 Å². The molecule has 1 N–H and O–H groups in total. The second-order valence-electron chi connectivity index (χ2n) is 3.86. The van der Waals surface area contributed by atoms with E-state index in [2.05, 4.69) is 9.88 Å². The number of aryl methyl sites for hydroxylation is 1. The fraction of sp³-hybridized carbons (Fsp3) is 0.600. The molecule has 0 amide bonds. The average molecular weight is 226 g/mol. The van der Waals surface area contributed by atoms with Gasteiger partial charge >= 0.3 is 5.97 Å². The lowest BCUT2D eigenvalue weighted by Crippen LogP contribution is -2.31. The summed E-state index contributed by atoms with van der Waals surface area (Å²) >= 11 is 1.60. The van der Waals surface area contributed by atoms with Crippen molar-refractivity contribution in [3.8, 4) is 0 Å². The summed E-state index contributed by atoms with van der Waals surface area (Å²) in [5, 5.41) is 11.8. The van der Waals surface area contributed by atoms with Crippen LogP contribution in [0.1, 0.15) is 25.0 Å². The number of rotatable bonds is 3. The van der Waals surface area contributed by atoms with Gasteiger partial charge in [0.25, 0.3) is 0 Å². The summed E-state index contributed by atoms with van der Waals surface area (Å²) in [6.07, 6.45) is 2.25. The van der Waals surface area contributed by atoms with Gasteiger partial charge in [-0.15, -0.1) is 11.3 Å². The minimum absolute atomic E-state index is 0.132. The van der Waals surface area contributed by atoms with E-state index >= 15 is 0 Å². The minimum Gasteiger partial charge on any atom is -0.481 e. The summed E-state index contributed by atoms with van der Waals surface area (Å²) in [5.41, 5.74) is 1.01. The van der Waals surface area contributed by atoms with Crippen LogP contribution in [0.5, 0.6) is 0 Å². The standard InChI is InChI=1S/C10H14N2O2S/c1-7-6-15-10(11-7)12-4-2-3-8(12)5-9(13)14/h6,8H,2-5H2,1H3,(H,13,14). The number of aromatic nitrogens is 1. The number of hydrogen-bond donors (Lipinski definition) is 1. The molecule has 1 saturated heterocycles. The summed E-state index contributed by atoms with van der Waals surface area (Å²) < 4.78 is 0. The molecule has 4 nitrogen and oxygen atoms in total. The number of aliphatic carboxylic acids is 1. The number of thiazole rings is 1. The zero-order valence-electron chi connectivity index (χ0n) is 8.64. The molecule has 5 heteroatoms. The lowest BCUT2D eigenvalue weighted by molar-refractivity contribution is -0.137. The maximum Gasteiger partial charge on any atom is 0.305 e. The molecule has 1 fully saturated rings. The van der Waals surface area contributed by atoms with Crippen molar-refractivity contribution in [2.45, 2.75) is 32.2 Å². The van der Waals surface area contributed by atoms with Crippen molar-refractivity contribution in [1.82, 2.24) is 4.98 Å². The Morgan fingerprint density at radius 2 is 2.60 bits per heavy atom. The molecule has 0 radical (unpaired) electrons. The van der Waals surface area contributed by atoms with Gasteiger partial charge in [-0.1, -0.05) is 0 Å². The first-order chi connectivity index (χ1) is 7.16. The molecule has 0 spiro atoms. The largest absolute Gasteiger partial charge is 0.481 e. The van der Waals surface area contributed by atoms with Gasteiger partial charge in [0, 0.05) is 18.0 Å². The monoisotopic (exact) mass is 226 g/mol. The fourth-order valence-corrected chi connectivity index (χ4v) is 2.88. The Labute approximate surface area is 92.6 Å². The highest BCUT2D eigenvalue weighted by molar-refractivity contribution is 7.13. The topological polar surface area (TPSA) is 53.4 Å². The molecule has 0 aliphatic carbocycles. The molecule has 0 bridgehead atoms. The highest BCUT2D eigenvalue weighted by Crippen LogP contribution is 2.29. The van der Waals surface area contributed by atoms with Crippen molar-refractivity contribution >= 4 is 22.4 Å². The Morgan fingerprint density at radius 3 is 3.20 bits per heavy atom. The van der Waals surface area contributed by atoms with Crippen LogP contribution >= 0.6 is 11.3 Å². The van der Waals surface area contributed by atoms with Crippen LogP contribution in [-0.4, -0.2) is 28.6 Å². The van der Waals surface area contributed by atoms with Gasteiger partial charge in [0.1, 0.15) is 0 Å². The molecule has 2 rings (SSSR count). The van der Waals surface area contributed by atoms with Gasteiger partial charge in [-0.2, -0.15) is 0 Å². The van der Waals surface area contributed by atoms with Crippen LogP contribution in [0.2, 0.25) is 0 Å². The summed E-state index contributed by atoms with van der Waals surface area (Å²) in [4.78, 5) is 17.2. The van der Waals surface area contributed by atoms with E-state index in [1.165, 1.54) is 0 Å². The highest BCUT2D eigenvalue weighted by atomic mass is 32.1. The molecule has 15 heavy (non-hydrogen) atoms. The fourth-order valence-electron chi connectivity index (χ4n) is 1.97. The molecule has 1 aromatic rings. The quantitative estimate of drug-likeness (QED) is 0.855. The van der Waals surface area contributed by atoms with E-state index in [4.69, 9.17) is 5.11 Å². The van der Waals surface area contributed by atoms with Gasteiger partial charge in [-0.3, -0.25) is 4.79 Å². The Morgan fingerprint density at radius 1 is 1.80 bits per heavy atom. The van der Waals surface area contributed by atoms with E-state index in [-0.39, 0.29) is 12.5 Å². The number of nitrogens with zero attached hydrogens (tertiary/aromatic N) is 2. The molecular formula is C10H14N2O2S. The number of carbonyl (C=O) groups is 1. The van der Waals surface area contributed by atoms with E-state index in [9.17, 15) is 4.79 Å². The molecule has 1 aliphatic rings. The van der Waals surface area contributed by atoms with Crippen LogP contribution in [0.15, 0.2) is 5.38 Å². The summed E-state index contributed by atoms with van der Waals surface area (Å²) in [6.45, 7) is 2.90. The Balaban J connectivity index is 2.10. The number of carboxylic acid groups (broad SMARTS) is 1. The lowest BCUT2D eigenvalue weighted by atomic mass is 10.1. The van der Waals surface area contributed by atoms with Crippen molar-refractivity contribution < 1.29 is 9.90 Å². The van der Waals surface area contributed by atoms with Crippen molar-refractivity contribution in [3.05, 3.63) is 11.1 Å². The third-order valence-corrected chi connectivity index (χ3v) is 3.64. The van der Waals surface area contributed by atoms with Crippen LogP contribution in [0.3, 0.4) is 0 Å². The lowest BCUT2D eigenvalue weighted by Gasteiger charge is -2.22. The first-order valence-corrected chi connectivity index (χ1v) is 5.95. The average Bonchev–Trinajstić information content (AvgIpc) is 2.72. The molecule has 0 aromatic carbocycles. The van der Waals surface area contributed by atoms with Crippen molar-refractivity contribution in [2.24, 2.45) is 0 Å². The van der Waals surface area contributed by atoms with Gasteiger partial charge in [-0.05, 0) is 19.8 Å². The third-order valence-electron chi connectivity index (χ3n) is 2.64. The Kier molecular flexibility index (Phi) is 2.90. The van der Waals surface area contributed by atoms with Crippen molar-refractivity contribution in [2.75, 3.05) is 11.4 Å². The molecule has 1 aliphatic heterocycles. The molecule has 0 saturated carbocycles. The highest BCUT2D eigenvalue weighted by Gasteiger charge is 2.28. The second kappa shape index (κ2) is 4.18. The van der Waals surface area contributed by atoms with Crippen LogP contribution < -0.4 is 4.90 Å². The van der Waals surface area contributed by atoms with Crippen LogP contribution in [-0.2, 0) is 4.79 Å². The SMILES string of the molecule is Cc1csc(N2CCCC2CC(=O)O)n1. The summed E-state index contributed by atoms with van der Waals surface area (Å²) in [6, 6.07) is 0.132. The first-order valence-electron chi connectivity index (χ1n) is 5.07. The number of anilines is 1. The molecule has 1 aromatic heterocycles. The molecule has 1 unspecified atom stereocenters. The van der Waals surface area contributed by atoms with E-state index in [0.29, 0.717) is 0 Å². The van der Waals surface area contributed by atoms with Crippen LogP contribution in [0, 0.1) is 6.92 Å². The van der Waals surface area contributed by atoms with E-state index in [0.717, 1.165) is 30.2 Å². The Hall–Kier alpha value is -1.10. The third kappa shape index (κ3) is 2.28. The first kappa shape index (κ1) is 10.4. The minimum atomic E-state index is -0.722. The van der Waals surface area contributed by atoms with Gasteiger partial charge < -0.3 is 10.0 Å². The van der Waals surface area contributed by atoms with Crippen LogP contribution in [0.25, 0.3) is 0 Å². The van der Waals surface area contributed by atoms with Gasteiger partial charge in [0.15, 0.2) is 5.13 Å². The predicted molar refractivity (Wildman–Crippen MR) is 59.5 cm³/mol. The maximum atomic E-state index is 10.7. The maximum absolute atomic E-state index is 10.7. The number of carboxylic acids is 1. The molecule has 1 atom stereocenters. The van der Waals surface area contributed by atoms with E-state index in [1.807, 2.05) is 12.3 Å². The normalized spacial score (nSPS) is 20.9. The van der Waals surface area contributed by atoms with Gasteiger partial charge in [0.05, 0.1) is 12.1 Å².